The van der Waals surface area contributed by atoms with E-state index in [0.717, 1.165) is 30.5 Å². The molecular weight excluding hydrogens is 414 g/mol. The summed E-state index contributed by atoms with van der Waals surface area (Å²) in [4.78, 5) is 24.1. The van der Waals surface area contributed by atoms with Crippen LogP contribution < -0.4 is 15.4 Å². The summed E-state index contributed by atoms with van der Waals surface area (Å²) in [7, 11) is -3.97. The molecule has 1 aliphatic carbocycles. The summed E-state index contributed by atoms with van der Waals surface area (Å²) in [5, 5.41) is 5.45. The standard InChI is InChI=1S/C23H27N3O4S/c1-17-7-11-20(12-8-17)25-23(28)26-31(29,30)21-13-9-18(10-14-21)15-16-24-22(27)19-5-3-2-4-6-19/h2-6,9-11,13-14,17H,7-8,12,15-16H2,1H3,(H,24,27)(H2,25,26,28). The number of allylic oxidation sites excluding steroid dienone is 2. The van der Waals surface area contributed by atoms with Crippen LogP contribution in [-0.4, -0.2) is 26.9 Å². The predicted molar refractivity (Wildman–Crippen MR) is 119 cm³/mol. The highest BCUT2D eigenvalue weighted by molar-refractivity contribution is 7.90. The van der Waals surface area contributed by atoms with Crippen LogP contribution in [0.2, 0.25) is 0 Å². The fraction of sp³-hybridized carbons (Fsp3) is 0.304. The smallest absolute Gasteiger partial charge is 0.332 e. The Bertz CT molecular complexity index is 1050. The van der Waals surface area contributed by atoms with Gasteiger partial charge in [0.1, 0.15) is 0 Å². The molecule has 1 aliphatic rings. The van der Waals surface area contributed by atoms with E-state index < -0.39 is 16.1 Å². The van der Waals surface area contributed by atoms with Gasteiger partial charge in [-0.2, -0.15) is 0 Å². The number of rotatable bonds is 7. The minimum Gasteiger partial charge on any atom is -0.352 e. The Morgan fingerprint density at radius 1 is 1.03 bits per heavy atom. The minimum atomic E-state index is -3.97. The van der Waals surface area contributed by atoms with E-state index >= 15 is 0 Å². The Balaban J connectivity index is 1.50. The SMILES string of the molecule is CC1CC=C(NC(=O)NS(=O)(=O)c2ccc(CCNC(=O)c3ccccc3)cc2)CC1. The molecule has 0 fully saturated rings. The summed E-state index contributed by atoms with van der Waals surface area (Å²) < 4.78 is 27.0. The molecule has 8 heteroatoms. The van der Waals surface area contributed by atoms with E-state index in [1.54, 1.807) is 36.4 Å². The molecule has 1 unspecified atom stereocenters. The van der Waals surface area contributed by atoms with E-state index in [0.29, 0.717) is 24.4 Å². The van der Waals surface area contributed by atoms with Crippen molar-refractivity contribution >= 4 is 22.0 Å². The molecule has 0 radical (unpaired) electrons. The molecule has 0 bridgehead atoms. The highest BCUT2D eigenvalue weighted by Gasteiger charge is 2.19. The monoisotopic (exact) mass is 441 g/mol. The number of sulfonamides is 1. The van der Waals surface area contributed by atoms with Crippen molar-refractivity contribution in [2.45, 2.75) is 37.5 Å². The lowest BCUT2D eigenvalue weighted by atomic mass is 9.94. The van der Waals surface area contributed by atoms with Crippen molar-refractivity contribution in [1.29, 1.82) is 0 Å². The first-order chi connectivity index (χ1) is 14.8. The van der Waals surface area contributed by atoms with Gasteiger partial charge >= 0.3 is 6.03 Å². The lowest BCUT2D eigenvalue weighted by molar-refractivity contribution is 0.0954. The summed E-state index contributed by atoms with van der Waals surface area (Å²) in [5.74, 6) is 0.417. The highest BCUT2D eigenvalue weighted by Crippen LogP contribution is 2.21. The molecule has 2 aromatic carbocycles. The second kappa shape index (κ2) is 10.3. The van der Waals surface area contributed by atoms with Gasteiger partial charge in [-0.3, -0.25) is 4.79 Å². The fourth-order valence-corrected chi connectivity index (χ4v) is 4.19. The summed E-state index contributed by atoms with van der Waals surface area (Å²) in [5.41, 5.74) is 2.21. The quantitative estimate of drug-likeness (QED) is 0.613. The summed E-state index contributed by atoms with van der Waals surface area (Å²) in [6.07, 6.45) is 5.05. The maximum Gasteiger partial charge on any atom is 0.332 e. The first-order valence-corrected chi connectivity index (χ1v) is 11.8. The molecule has 31 heavy (non-hydrogen) atoms. The average Bonchev–Trinajstić information content (AvgIpc) is 2.76. The second-order valence-electron chi connectivity index (χ2n) is 7.68. The van der Waals surface area contributed by atoms with Crippen LogP contribution in [0.3, 0.4) is 0 Å². The number of urea groups is 1. The highest BCUT2D eigenvalue weighted by atomic mass is 32.2. The zero-order chi connectivity index (χ0) is 22.3. The Kier molecular flexibility index (Phi) is 7.46. The third-order valence-electron chi connectivity index (χ3n) is 5.14. The summed E-state index contributed by atoms with van der Waals surface area (Å²) in [6, 6.07) is 14.4. The zero-order valence-corrected chi connectivity index (χ0v) is 18.2. The van der Waals surface area contributed by atoms with Crippen molar-refractivity contribution in [3.63, 3.8) is 0 Å². The Labute approximate surface area is 183 Å². The van der Waals surface area contributed by atoms with Gasteiger partial charge in [0.25, 0.3) is 15.9 Å². The third-order valence-corrected chi connectivity index (χ3v) is 6.49. The van der Waals surface area contributed by atoms with E-state index in [1.807, 2.05) is 12.1 Å². The van der Waals surface area contributed by atoms with Crippen LogP contribution in [0.25, 0.3) is 0 Å². The first-order valence-electron chi connectivity index (χ1n) is 10.3. The van der Waals surface area contributed by atoms with Crippen LogP contribution in [0.5, 0.6) is 0 Å². The number of carbonyl (C=O) groups excluding carboxylic acids is 2. The molecule has 2 aromatic rings. The third kappa shape index (κ3) is 6.68. The van der Waals surface area contributed by atoms with Crippen LogP contribution in [0.1, 0.15) is 42.1 Å². The lowest BCUT2D eigenvalue weighted by Gasteiger charge is -2.19. The van der Waals surface area contributed by atoms with Crippen molar-refractivity contribution in [2.75, 3.05) is 6.54 Å². The first kappa shape index (κ1) is 22.6. The maximum atomic E-state index is 12.5. The van der Waals surface area contributed by atoms with Crippen molar-refractivity contribution in [1.82, 2.24) is 15.4 Å². The predicted octanol–water partition coefficient (Wildman–Crippen LogP) is 3.35. The fourth-order valence-electron chi connectivity index (χ4n) is 3.28. The summed E-state index contributed by atoms with van der Waals surface area (Å²) in [6.45, 7) is 2.56. The van der Waals surface area contributed by atoms with Crippen LogP contribution >= 0.6 is 0 Å². The normalized spacial score (nSPS) is 16.2. The molecule has 3 rings (SSSR count). The largest absolute Gasteiger partial charge is 0.352 e. The number of benzene rings is 2. The van der Waals surface area contributed by atoms with E-state index in [1.165, 1.54) is 12.1 Å². The van der Waals surface area contributed by atoms with Crippen molar-refractivity contribution in [3.8, 4) is 0 Å². The van der Waals surface area contributed by atoms with Gasteiger partial charge in [-0.25, -0.2) is 17.9 Å². The van der Waals surface area contributed by atoms with Gasteiger partial charge in [0, 0.05) is 17.8 Å². The number of hydrogen-bond donors (Lipinski definition) is 3. The molecule has 3 amide bonds. The van der Waals surface area contributed by atoms with Crippen molar-refractivity contribution in [2.24, 2.45) is 5.92 Å². The van der Waals surface area contributed by atoms with Crippen LogP contribution in [0.4, 0.5) is 4.79 Å². The maximum absolute atomic E-state index is 12.5. The molecule has 0 aromatic heterocycles. The molecule has 164 valence electrons. The van der Waals surface area contributed by atoms with Crippen LogP contribution in [0.15, 0.2) is 71.3 Å². The lowest BCUT2D eigenvalue weighted by Crippen LogP contribution is -2.39. The Morgan fingerprint density at radius 3 is 2.39 bits per heavy atom. The molecule has 0 aliphatic heterocycles. The van der Waals surface area contributed by atoms with Crippen LogP contribution in [0, 0.1) is 5.92 Å². The topological polar surface area (TPSA) is 104 Å². The number of nitrogens with one attached hydrogen (secondary N) is 3. The second-order valence-corrected chi connectivity index (χ2v) is 9.37. The molecule has 1 atom stereocenters. The van der Waals surface area contributed by atoms with E-state index in [-0.39, 0.29) is 10.8 Å². The molecule has 0 saturated carbocycles. The summed E-state index contributed by atoms with van der Waals surface area (Å²) >= 11 is 0. The van der Waals surface area contributed by atoms with Gasteiger partial charge in [-0.1, -0.05) is 43.3 Å². The average molecular weight is 442 g/mol. The van der Waals surface area contributed by atoms with Crippen molar-refractivity contribution < 1.29 is 18.0 Å². The van der Waals surface area contributed by atoms with Gasteiger partial charge in [0.15, 0.2) is 0 Å². The number of carbonyl (C=O) groups is 2. The van der Waals surface area contributed by atoms with Crippen LogP contribution in [-0.2, 0) is 16.4 Å². The minimum absolute atomic E-state index is 0.00553. The molecular formula is C23H27N3O4S. The van der Waals surface area contributed by atoms with Gasteiger partial charge in [0.05, 0.1) is 4.90 Å². The Hall–Kier alpha value is -3.13. The van der Waals surface area contributed by atoms with E-state index in [2.05, 4.69) is 22.3 Å². The molecule has 3 N–H and O–H groups in total. The Morgan fingerprint density at radius 2 is 1.74 bits per heavy atom. The van der Waals surface area contributed by atoms with Crippen molar-refractivity contribution in [3.05, 3.63) is 77.5 Å². The molecule has 7 nitrogen and oxygen atoms in total. The van der Waals surface area contributed by atoms with Gasteiger partial charge in [-0.05, 0) is 61.4 Å². The number of hydrogen-bond acceptors (Lipinski definition) is 4. The molecule has 0 spiro atoms. The van der Waals surface area contributed by atoms with Gasteiger partial charge in [0.2, 0.25) is 0 Å². The molecule has 0 heterocycles. The zero-order valence-electron chi connectivity index (χ0n) is 17.4. The molecule has 0 saturated heterocycles. The number of amides is 3. The van der Waals surface area contributed by atoms with Gasteiger partial charge < -0.3 is 10.6 Å². The van der Waals surface area contributed by atoms with E-state index in [9.17, 15) is 18.0 Å². The van der Waals surface area contributed by atoms with Gasteiger partial charge in [-0.15, -0.1) is 0 Å². The van der Waals surface area contributed by atoms with E-state index in [4.69, 9.17) is 0 Å².